The average Bonchev–Trinajstić information content (AvgIpc) is 3.16. The van der Waals surface area contributed by atoms with Gasteiger partial charge in [-0.15, -0.1) is 0 Å². The summed E-state index contributed by atoms with van der Waals surface area (Å²) in [5.74, 6) is -0.992. The van der Waals surface area contributed by atoms with E-state index in [1.54, 1.807) is 16.7 Å². The number of aromatic nitrogens is 4. The van der Waals surface area contributed by atoms with Crippen LogP contribution in [0.15, 0.2) is 33.9 Å². The fraction of sp³-hybridized carbons (Fsp3) is 0.250. The summed E-state index contributed by atoms with van der Waals surface area (Å²) in [6.45, 7) is 0.263. The maximum atomic E-state index is 12.7. The summed E-state index contributed by atoms with van der Waals surface area (Å²) in [5.41, 5.74) is -0.183. The standard InChI is InChI=1S/C16H14ClN5O4/c1-19-13-12(14(25)22(16(19)26)8-11(23)24)21-7-6-20(15(21)18-13)10-4-2-9(17)3-5-10/h2-5H,6-8H2,1H3,(H,23,24)/p-1. The first-order chi connectivity index (χ1) is 12.4. The normalized spacial score (nSPS) is 13.4. The van der Waals surface area contributed by atoms with Gasteiger partial charge in [0.1, 0.15) is 0 Å². The Labute approximate surface area is 151 Å². The van der Waals surface area contributed by atoms with E-state index in [2.05, 4.69) is 4.98 Å². The molecule has 0 aliphatic carbocycles. The number of carbonyl (C=O) groups is 1. The molecule has 1 aromatic carbocycles. The number of aliphatic carboxylic acids is 1. The predicted octanol–water partition coefficient (Wildman–Crippen LogP) is -0.548. The molecule has 134 valence electrons. The molecular weight excluding hydrogens is 362 g/mol. The number of carboxylic acids is 1. The molecule has 2 aromatic heterocycles. The first-order valence-electron chi connectivity index (χ1n) is 7.81. The highest BCUT2D eigenvalue weighted by Crippen LogP contribution is 2.32. The number of aryl methyl sites for hydroxylation is 1. The Morgan fingerprint density at radius 3 is 2.58 bits per heavy atom. The van der Waals surface area contributed by atoms with E-state index in [-0.39, 0.29) is 11.2 Å². The van der Waals surface area contributed by atoms with Crippen molar-refractivity contribution >= 4 is 40.4 Å². The highest BCUT2D eigenvalue weighted by Gasteiger charge is 2.28. The number of carbonyl (C=O) groups excluding carboxylic acids is 1. The Morgan fingerprint density at radius 1 is 1.23 bits per heavy atom. The number of nitrogens with zero attached hydrogens (tertiary/aromatic N) is 5. The summed E-state index contributed by atoms with van der Waals surface area (Å²) >= 11 is 5.93. The van der Waals surface area contributed by atoms with Gasteiger partial charge in [0, 0.05) is 30.8 Å². The van der Waals surface area contributed by atoms with E-state index in [9.17, 15) is 19.5 Å². The minimum atomic E-state index is -1.51. The lowest BCUT2D eigenvalue weighted by molar-refractivity contribution is -0.306. The zero-order valence-electron chi connectivity index (χ0n) is 13.7. The minimum absolute atomic E-state index is 0.194. The zero-order chi connectivity index (χ0) is 18.6. The summed E-state index contributed by atoms with van der Waals surface area (Å²) in [6, 6.07) is 7.19. The third-order valence-electron chi connectivity index (χ3n) is 4.43. The van der Waals surface area contributed by atoms with Crippen molar-refractivity contribution in [2.45, 2.75) is 13.1 Å². The van der Waals surface area contributed by atoms with Crippen LogP contribution in [0.3, 0.4) is 0 Å². The van der Waals surface area contributed by atoms with Crippen molar-refractivity contribution in [1.29, 1.82) is 0 Å². The predicted molar refractivity (Wildman–Crippen MR) is 92.7 cm³/mol. The summed E-state index contributed by atoms with van der Waals surface area (Å²) < 4.78 is 3.51. The van der Waals surface area contributed by atoms with Crippen molar-refractivity contribution in [3.05, 3.63) is 50.1 Å². The van der Waals surface area contributed by atoms with Gasteiger partial charge < -0.3 is 19.4 Å². The number of imidazole rings is 1. The molecule has 0 saturated carbocycles. The van der Waals surface area contributed by atoms with Gasteiger partial charge in [0.05, 0.1) is 12.5 Å². The summed E-state index contributed by atoms with van der Waals surface area (Å²) in [6.07, 6.45) is 0. The molecule has 9 nitrogen and oxygen atoms in total. The van der Waals surface area contributed by atoms with Crippen molar-refractivity contribution in [2.24, 2.45) is 7.05 Å². The lowest BCUT2D eigenvalue weighted by Gasteiger charge is -2.15. The molecule has 4 rings (SSSR count). The Balaban J connectivity index is 1.95. The molecule has 0 spiro atoms. The van der Waals surface area contributed by atoms with E-state index in [0.29, 0.717) is 28.6 Å². The van der Waals surface area contributed by atoms with Gasteiger partial charge in [0.25, 0.3) is 5.56 Å². The molecule has 1 aliphatic heterocycles. The molecule has 26 heavy (non-hydrogen) atoms. The summed E-state index contributed by atoms with van der Waals surface area (Å²) in [7, 11) is 1.45. The molecule has 0 fully saturated rings. The van der Waals surface area contributed by atoms with Crippen molar-refractivity contribution < 1.29 is 9.90 Å². The Bertz CT molecular complexity index is 1160. The van der Waals surface area contributed by atoms with Gasteiger partial charge in [0.2, 0.25) is 5.95 Å². The van der Waals surface area contributed by atoms with Crippen LogP contribution in [0.5, 0.6) is 0 Å². The molecule has 0 N–H and O–H groups in total. The molecule has 0 unspecified atom stereocenters. The Hall–Kier alpha value is -3.07. The average molecular weight is 375 g/mol. The van der Waals surface area contributed by atoms with E-state index in [1.165, 1.54) is 11.6 Å². The van der Waals surface area contributed by atoms with Crippen LogP contribution in [0.1, 0.15) is 0 Å². The minimum Gasteiger partial charge on any atom is -0.548 e. The number of hydrogen-bond donors (Lipinski definition) is 0. The van der Waals surface area contributed by atoms with Gasteiger partial charge in [-0.3, -0.25) is 13.9 Å². The number of benzene rings is 1. The Morgan fingerprint density at radius 2 is 1.92 bits per heavy atom. The highest BCUT2D eigenvalue weighted by atomic mass is 35.5. The molecular formula is C16H13ClN5O4-. The van der Waals surface area contributed by atoms with Crippen LogP contribution < -0.4 is 21.3 Å². The second kappa shape index (κ2) is 5.73. The number of carboxylic acid groups (broad SMARTS) is 1. The molecule has 0 saturated heterocycles. The van der Waals surface area contributed by atoms with Gasteiger partial charge >= 0.3 is 5.69 Å². The van der Waals surface area contributed by atoms with Crippen LogP contribution in [0.25, 0.3) is 11.2 Å². The van der Waals surface area contributed by atoms with Gasteiger partial charge in [-0.1, -0.05) is 11.6 Å². The number of halogens is 1. The van der Waals surface area contributed by atoms with Crippen LogP contribution in [0.2, 0.25) is 5.02 Å². The first kappa shape index (κ1) is 16.4. The highest BCUT2D eigenvalue weighted by molar-refractivity contribution is 6.30. The molecule has 10 heteroatoms. The Kier molecular flexibility index (Phi) is 3.62. The van der Waals surface area contributed by atoms with E-state index < -0.39 is 23.8 Å². The maximum absolute atomic E-state index is 12.7. The van der Waals surface area contributed by atoms with Crippen LogP contribution in [0, 0.1) is 0 Å². The third-order valence-corrected chi connectivity index (χ3v) is 4.68. The van der Waals surface area contributed by atoms with Gasteiger partial charge in [0.15, 0.2) is 11.2 Å². The molecule has 3 heterocycles. The van der Waals surface area contributed by atoms with Crippen LogP contribution in [0.4, 0.5) is 11.6 Å². The van der Waals surface area contributed by atoms with Crippen LogP contribution in [-0.2, 0) is 24.9 Å². The van der Waals surface area contributed by atoms with E-state index in [1.807, 2.05) is 17.0 Å². The van der Waals surface area contributed by atoms with Crippen molar-refractivity contribution in [2.75, 3.05) is 11.4 Å². The fourth-order valence-electron chi connectivity index (χ4n) is 3.21. The van der Waals surface area contributed by atoms with E-state index >= 15 is 0 Å². The monoisotopic (exact) mass is 374 g/mol. The fourth-order valence-corrected chi connectivity index (χ4v) is 3.34. The van der Waals surface area contributed by atoms with Gasteiger partial charge in [-0.2, -0.15) is 4.98 Å². The smallest absolute Gasteiger partial charge is 0.332 e. The van der Waals surface area contributed by atoms with Crippen molar-refractivity contribution in [1.82, 2.24) is 18.7 Å². The van der Waals surface area contributed by atoms with Crippen LogP contribution >= 0.6 is 11.6 Å². The topological polar surface area (TPSA) is 105 Å². The zero-order valence-corrected chi connectivity index (χ0v) is 14.4. The number of rotatable bonds is 3. The number of fused-ring (bicyclic) bond motifs is 3. The lowest BCUT2D eigenvalue weighted by Crippen LogP contribution is -2.44. The number of anilines is 2. The van der Waals surface area contributed by atoms with E-state index in [4.69, 9.17) is 11.6 Å². The number of hydrogen-bond acceptors (Lipinski definition) is 6. The van der Waals surface area contributed by atoms with Crippen molar-refractivity contribution in [3.8, 4) is 0 Å². The molecule has 3 aromatic rings. The SMILES string of the molecule is Cn1c(=O)n(CC(=O)[O-])c(=O)c2c1nc1n2CCN1c1ccc(Cl)cc1. The molecule has 1 aliphatic rings. The maximum Gasteiger partial charge on any atom is 0.332 e. The second-order valence-corrected chi connectivity index (χ2v) is 6.41. The van der Waals surface area contributed by atoms with E-state index in [0.717, 1.165) is 5.69 Å². The van der Waals surface area contributed by atoms with Gasteiger partial charge in [-0.25, -0.2) is 4.79 Å². The third kappa shape index (κ3) is 2.31. The summed E-state index contributed by atoms with van der Waals surface area (Å²) in [5, 5.41) is 11.5. The molecule has 0 radical (unpaired) electrons. The lowest BCUT2D eigenvalue weighted by atomic mass is 10.3. The molecule has 0 amide bonds. The van der Waals surface area contributed by atoms with Crippen LogP contribution in [-0.4, -0.2) is 31.2 Å². The van der Waals surface area contributed by atoms with Crippen molar-refractivity contribution in [3.63, 3.8) is 0 Å². The first-order valence-corrected chi connectivity index (χ1v) is 8.19. The molecule has 0 atom stereocenters. The largest absolute Gasteiger partial charge is 0.548 e. The summed E-state index contributed by atoms with van der Waals surface area (Å²) in [4.78, 5) is 42.3. The molecule has 0 bridgehead atoms. The van der Waals surface area contributed by atoms with Gasteiger partial charge in [-0.05, 0) is 24.3 Å². The quantitative estimate of drug-likeness (QED) is 0.609. The second-order valence-electron chi connectivity index (χ2n) is 5.97.